The van der Waals surface area contributed by atoms with Crippen LogP contribution >= 0.6 is 0 Å². The summed E-state index contributed by atoms with van der Waals surface area (Å²) in [6.45, 7) is 2.00. The third-order valence-electron chi connectivity index (χ3n) is 3.27. The van der Waals surface area contributed by atoms with Crippen LogP contribution in [0.1, 0.15) is 63.1 Å². The normalized spacial score (nSPS) is 19.9. The molecule has 2 rings (SSSR count). The Morgan fingerprint density at radius 1 is 1.38 bits per heavy atom. The van der Waals surface area contributed by atoms with Gasteiger partial charge in [-0.25, -0.2) is 0 Å². The minimum atomic E-state index is 0.199. The second-order valence-electron chi connectivity index (χ2n) is 4.90. The van der Waals surface area contributed by atoms with Crippen LogP contribution in [0.4, 0.5) is 0 Å². The second kappa shape index (κ2) is 5.43. The van der Waals surface area contributed by atoms with Gasteiger partial charge in [0.05, 0.1) is 0 Å². The quantitative estimate of drug-likeness (QED) is 0.851. The summed E-state index contributed by atoms with van der Waals surface area (Å²) in [5, 5.41) is 4.09. The third kappa shape index (κ3) is 3.04. The van der Waals surface area contributed by atoms with E-state index in [1.54, 1.807) is 0 Å². The summed E-state index contributed by atoms with van der Waals surface area (Å²) in [5.41, 5.74) is 5.70. The van der Waals surface area contributed by atoms with Crippen LogP contribution in [0.5, 0.6) is 0 Å². The Balaban J connectivity index is 1.90. The zero-order valence-corrected chi connectivity index (χ0v) is 9.98. The maximum absolute atomic E-state index is 5.70. The van der Waals surface area contributed by atoms with Gasteiger partial charge in [0.2, 0.25) is 5.89 Å². The lowest BCUT2D eigenvalue weighted by molar-refractivity contribution is 0.354. The van der Waals surface area contributed by atoms with Crippen LogP contribution in [0.3, 0.4) is 0 Å². The summed E-state index contributed by atoms with van der Waals surface area (Å²) in [6.07, 6.45) is 8.09. The number of nitrogens with zero attached hydrogens (tertiary/aromatic N) is 2. The Kier molecular flexibility index (Phi) is 3.93. The molecule has 0 bridgehead atoms. The number of rotatable bonds is 4. The monoisotopic (exact) mass is 223 g/mol. The number of aryl methyl sites for hydroxylation is 1. The van der Waals surface area contributed by atoms with Gasteiger partial charge in [0, 0.05) is 18.4 Å². The van der Waals surface area contributed by atoms with Crippen LogP contribution in [0.25, 0.3) is 0 Å². The van der Waals surface area contributed by atoms with E-state index < -0.39 is 0 Å². The Hall–Kier alpha value is -0.900. The lowest BCUT2D eigenvalue weighted by Gasteiger charge is -2.17. The highest BCUT2D eigenvalue weighted by atomic mass is 16.5. The van der Waals surface area contributed by atoms with E-state index in [-0.39, 0.29) is 6.04 Å². The molecular weight excluding hydrogens is 202 g/mol. The van der Waals surface area contributed by atoms with Crippen molar-refractivity contribution in [2.45, 2.75) is 63.8 Å². The molecule has 4 heteroatoms. The minimum Gasteiger partial charge on any atom is -0.339 e. The molecule has 1 unspecified atom stereocenters. The van der Waals surface area contributed by atoms with Crippen molar-refractivity contribution >= 4 is 0 Å². The highest BCUT2D eigenvalue weighted by molar-refractivity contribution is 4.97. The van der Waals surface area contributed by atoms with Gasteiger partial charge < -0.3 is 10.3 Å². The molecule has 0 spiro atoms. The van der Waals surface area contributed by atoms with E-state index in [9.17, 15) is 0 Å². The van der Waals surface area contributed by atoms with Gasteiger partial charge in [-0.2, -0.15) is 4.98 Å². The lowest BCUT2D eigenvalue weighted by atomic mass is 9.89. The van der Waals surface area contributed by atoms with Crippen molar-refractivity contribution < 1.29 is 4.52 Å². The molecule has 90 valence electrons. The summed E-state index contributed by atoms with van der Waals surface area (Å²) in [5.74, 6) is 2.19. The van der Waals surface area contributed by atoms with Gasteiger partial charge in [-0.05, 0) is 26.2 Å². The number of hydrogen-bond acceptors (Lipinski definition) is 4. The zero-order valence-electron chi connectivity index (χ0n) is 9.98. The van der Waals surface area contributed by atoms with Gasteiger partial charge in [0.15, 0.2) is 5.82 Å². The summed E-state index contributed by atoms with van der Waals surface area (Å²) >= 11 is 0. The Labute approximate surface area is 96.6 Å². The van der Waals surface area contributed by atoms with Crippen LogP contribution in [-0.2, 0) is 6.42 Å². The van der Waals surface area contributed by atoms with Crippen molar-refractivity contribution in [3.8, 4) is 0 Å². The predicted molar refractivity (Wildman–Crippen MR) is 62.1 cm³/mol. The van der Waals surface area contributed by atoms with E-state index in [0.29, 0.717) is 5.92 Å². The summed E-state index contributed by atoms with van der Waals surface area (Å²) < 4.78 is 5.25. The molecule has 1 aliphatic carbocycles. The van der Waals surface area contributed by atoms with E-state index in [1.165, 1.54) is 32.1 Å². The first kappa shape index (κ1) is 11.6. The smallest absolute Gasteiger partial charge is 0.226 e. The fraction of sp³-hybridized carbons (Fsp3) is 0.833. The molecule has 1 saturated carbocycles. The lowest BCUT2D eigenvalue weighted by Crippen LogP contribution is -2.15. The first-order valence-electron chi connectivity index (χ1n) is 6.34. The molecule has 0 aliphatic heterocycles. The van der Waals surface area contributed by atoms with Crippen LogP contribution in [0.2, 0.25) is 0 Å². The topological polar surface area (TPSA) is 64.9 Å². The molecule has 1 aromatic heterocycles. The maximum Gasteiger partial charge on any atom is 0.226 e. The van der Waals surface area contributed by atoms with Gasteiger partial charge in [0.25, 0.3) is 0 Å². The van der Waals surface area contributed by atoms with Gasteiger partial charge >= 0.3 is 0 Å². The maximum atomic E-state index is 5.70. The number of aromatic nitrogens is 2. The van der Waals surface area contributed by atoms with Crippen LogP contribution < -0.4 is 5.73 Å². The minimum absolute atomic E-state index is 0.199. The van der Waals surface area contributed by atoms with Crippen molar-refractivity contribution in [1.29, 1.82) is 0 Å². The van der Waals surface area contributed by atoms with Crippen molar-refractivity contribution in [1.82, 2.24) is 10.1 Å². The Morgan fingerprint density at radius 3 is 2.81 bits per heavy atom. The van der Waals surface area contributed by atoms with E-state index in [4.69, 9.17) is 10.3 Å². The molecule has 1 aromatic rings. The molecule has 4 nitrogen and oxygen atoms in total. The Morgan fingerprint density at radius 2 is 2.12 bits per heavy atom. The first-order chi connectivity index (χ1) is 7.75. The van der Waals surface area contributed by atoms with Crippen LogP contribution in [-0.4, -0.2) is 16.2 Å². The van der Waals surface area contributed by atoms with Crippen molar-refractivity contribution in [2.24, 2.45) is 5.73 Å². The first-order valence-corrected chi connectivity index (χ1v) is 6.34. The predicted octanol–water partition coefficient (Wildman–Crippen LogP) is 2.40. The molecule has 1 fully saturated rings. The largest absolute Gasteiger partial charge is 0.339 e. The molecule has 0 aromatic carbocycles. The molecule has 0 saturated heterocycles. The third-order valence-corrected chi connectivity index (χ3v) is 3.27. The van der Waals surface area contributed by atoms with Crippen molar-refractivity contribution in [3.63, 3.8) is 0 Å². The summed E-state index contributed by atoms with van der Waals surface area (Å²) in [6, 6.07) is 0.199. The molecule has 2 N–H and O–H groups in total. The van der Waals surface area contributed by atoms with E-state index >= 15 is 0 Å². The van der Waals surface area contributed by atoms with Crippen molar-refractivity contribution in [3.05, 3.63) is 11.7 Å². The SMILES string of the molecule is CC(N)CCc1nc(C2CCCCC2)no1. The molecule has 0 radical (unpaired) electrons. The second-order valence-corrected chi connectivity index (χ2v) is 4.90. The van der Waals surface area contributed by atoms with Gasteiger partial charge in [-0.1, -0.05) is 24.4 Å². The molecule has 0 amide bonds. The highest BCUT2D eigenvalue weighted by Gasteiger charge is 2.20. The van der Waals surface area contributed by atoms with Crippen molar-refractivity contribution in [2.75, 3.05) is 0 Å². The number of hydrogen-bond donors (Lipinski definition) is 1. The fourth-order valence-corrected chi connectivity index (χ4v) is 2.25. The molecule has 16 heavy (non-hydrogen) atoms. The average Bonchev–Trinajstić information content (AvgIpc) is 2.76. The van der Waals surface area contributed by atoms with E-state index in [1.807, 2.05) is 6.92 Å². The summed E-state index contributed by atoms with van der Waals surface area (Å²) in [7, 11) is 0. The van der Waals surface area contributed by atoms with Gasteiger partial charge in [0.1, 0.15) is 0 Å². The van der Waals surface area contributed by atoms with E-state index in [2.05, 4.69) is 10.1 Å². The van der Waals surface area contributed by atoms with Crippen LogP contribution in [0, 0.1) is 0 Å². The average molecular weight is 223 g/mol. The molecular formula is C12H21N3O. The zero-order chi connectivity index (χ0) is 11.4. The molecule has 1 heterocycles. The highest BCUT2D eigenvalue weighted by Crippen LogP contribution is 2.30. The van der Waals surface area contributed by atoms with E-state index in [0.717, 1.165) is 24.6 Å². The van der Waals surface area contributed by atoms with Gasteiger partial charge in [-0.3, -0.25) is 0 Å². The molecule has 1 aliphatic rings. The standard InChI is InChI=1S/C12H21N3O/c1-9(13)7-8-11-14-12(15-16-11)10-5-3-2-4-6-10/h9-10H,2-8,13H2,1H3. The van der Waals surface area contributed by atoms with Crippen LogP contribution in [0.15, 0.2) is 4.52 Å². The molecule has 1 atom stereocenters. The summed E-state index contributed by atoms with van der Waals surface area (Å²) in [4.78, 5) is 4.47. The Bertz CT molecular complexity index is 316. The fourth-order valence-electron chi connectivity index (χ4n) is 2.25. The van der Waals surface area contributed by atoms with Gasteiger partial charge in [-0.15, -0.1) is 0 Å². The number of nitrogens with two attached hydrogens (primary N) is 1.